The fourth-order valence-corrected chi connectivity index (χ4v) is 5.90. The zero-order valence-corrected chi connectivity index (χ0v) is 19.2. The van der Waals surface area contributed by atoms with Crippen LogP contribution in [-0.2, 0) is 9.59 Å². The summed E-state index contributed by atoms with van der Waals surface area (Å²) in [5.74, 6) is -0.126. The highest BCUT2D eigenvalue weighted by Gasteiger charge is 2.48. The minimum absolute atomic E-state index is 0.0114. The average Bonchev–Trinajstić information content (AvgIpc) is 3.49. The van der Waals surface area contributed by atoms with Gasteiger partial charge in [-0.05, 0) is 62.6 Å². The molecule has 3 aliphatic heterocycles. The standard InChI is InChI=1S/C25H29N5O4/c1-34-21-4-2-3-19-18(21)12-20(29-19)25(33)30-17-7-5-14(6-8-17)22(30)24(32)28-16(13-26)11-15-9-10-27-23(15)31/h2-4,12,14-17,22,29H,5-11H2,1H3,(H,27,31)(H,28,32)/t14?,15-,16+,17?,22+/m1/s1. The molecule has 9 heteroatoms. The highest BCUT2D eigenvalue weighted by molar-refractivity contribution is 6.02. The Labute approximate surface area is 197 Å². The molecule has 6 rings (SSSR count). The van der Waals surface area contributed by atoms with Crippen LogP contribution in [-0.4, -0.2) is 59.4 Å². The largest absolute Gasteiger partial charge is 0.496 e. The predicted molar refractivity (Wildman–Crippen MR) is 124 cm³/mol. The molecule has 0 unspecified atom stereocenters. The van der Waals surface area contributed by atoms with Crippen LogP contribution in [0.4, 0.5) is 0 Å². The number of hydrogen-bond acceptors (Lipinski definition) is 5. The Balaban J connectivity index is 1.38. The van der Waals surface area contributed by atoms with Crippen LogP contribution in [0.1, 0.15) is 49.0 Å². The minimum Gasteiger partial charge on any atom is -0.496 e. The molecule has 4 heterocycles. The number of rotatable bonds is 6. The predicted octanol–water partition coefficient (Wildman–Crippen LogP) is 2.09. The van der Waals surface area contributed by atoms with Gasteiger partial charge in [-0.2, -0.15) is 5.26 Å². The number of nitrogens with one attached hydrogen (secondary N) is 3. The van der Waals surface area contributed by atoms with Crippen LogP contribution in [0, 0.1) is 23.2 Å². The summed E-state index contributed by atoms with van der Waals surface area (Å²) in [7, 11) is 1.59. The number of ether oxygens (including phenoxy) is 1. The summed E-state index contributed by atoms with van der Waals surface area (Å²) in [5.41, 5.74) is 1.22. The van der Waals surface area contributed by atoms with E-state index in [2.05, 4.69) is 21.7 Å². The van der Waals surface area contributed by atoms with Gasteiger partial charge in [0, 0.05) is 29.4 Å². The monoisotopic (exact) mass is 463 g/mol. The zero-order chi connectivity index (χ0) is 23.8. The molecule has 0 spiro atoms. The highest BCUT2D eigenvalue weighted by atomic mass is 16.5. The quantitative estimate of drug-likeness (QED) is 0.605. The Morgan fingerprint density at radius 3 is 2.74 bits per heavy atom. The first-order valence-corrected chi connectivity index (χ1v) is 12.0. The van der Waals surface area contributed by atoms with Crippen LogP contribution in [0.3, 0.4) is 0 Å². The number of H-pyrrole nitrogens is 1. The number of aromatic amines is 1. The number of nitriles is 1. The molecule has 34 heavy (non-hydrogen) atoms. The normalized spacial score (nSPS) is 26.7. The van der Waals surface area contributed by atoms with Gasteiger partial charge < -0.3 is 25.3 Å². The van der Waals surface area contributed by atoms with Gasteiger partial charge in [-0.15, -0.1) is 0 Å². The maximum Gasteiger partial charge on any atom is 0.271 e. The molecule has 1 saturated carbocycles. The summed E-state index contributed by atoms with van der Waals surface area (Å²) in [6.45, 7) is 0.597. The number of nitrogens with zero attached hydrogens (tertiary/aromatic N) is 2. The molecule has 4 fully saturated rings. The molecule has 9 nitrogen and oxygen atoms in total. The first-order valence-electron chi connectivity index (χ1n) is 12.0. The van der Waals surface area contributed by atoms with Crippen LogP contribution in [0.5, 0.6) is 5.75 Å². The average molecular weight is 464 g/mol. The number of benzene rings is 1. The van der Waals surface area contributed by atoms with Crippen LogP contribution in [0.15, 0.2) is 24.3 Å². The molecule has 2 aromatic rings. The van der Waals surface area contributed by atoms with E-state index < -0.39 is 12.1 Å². The molecule has 1 aromatic carbocycles. The third kappa shape index (κ3) is 3.87. The Hall–Kier alpha value is -3.54. The summed E-state index contributed by atoms with van der Waals surface area (Å²) in [5, 5.41) is 16.1. The second-order valence-electron chi connectivity index (χ2n) is 9.53. The Morgan fingerprint density at radius 2 is 2.06 bits per heavy atom. The van der Waals surface area contributed by atoms with Crippen LogP contribution in [0.2, 0.25) is 0 Å². The second-order valence-corrected chi connectivity index (χ2v) is 9.53. The zero-order valence-electron chi connectivity index (χ0n) is 19.2. The van der Waals surface area contributed by atoms with E-state index >= 15 is 0 Å². The van der Waals surface area contributed by atoms with E-state index in [1.807, 2.05) is 18.2 Å². The lowest BCUT2D eigenvalue weighted by molar-refractivity contribution is -0.133. The van der Waals surface area contributed by atoms with Crippen LogP contribution >= 0.6 is 0 Å². The van der Waals surface area contributed by atoms with Gasteiger partial charge in [0.1, 0.15) is 23.5 Å². The summed E-state index contributed by atoms with van der Waals surface area (Å²) in [6.07, 6.45) is 4.45. The third-order valence-electron chi connectivity index (χ3n) is 7.61. The van der Waals surface area contributed by atoms with Crippen molar-refractivity contribution in [2.45, 2.75) is 56.7 Å². The highest BCUT2D eigenvalue weighted by Crippen LogP contribution is 2.41. The van der Waals surface area contributed by atoms with Crippen molar-refractivity contribution in [2.24, 2.45) is 11.8 Å². The van der Waals surface area contributed by atoms with Gasteiger partial charge in [0.15, 0.2) is 0 Å². The molecule has 1 aliphatic carbocycles. The van der Waals surface area contributed by atoms with Gasteiger partial charge in [0.25, 0.3) is 5.91 Å². The van der Waals surface area contributed by atoms with Crippen molar-refractivity contribution in [3.8, 4) is 11.8 Å². The van der Waals surface area contributed by atoms with Gasteiger partial charge in [0.05, 0.1) is 13.2 Å². The van der Waals surface area contributed by atoms with Gasteiger partial charge >= 0.3 is 0 Å². The molecule has 3 N–H and O–H groups in total. The molecule has 1 aromatic heterocycles. The minimum atomic E-state index is -0.768. The van der Waals surface area contributed by atoms with Crippen molar-refractivity contribution in [1.82, 2.24) is 20.5 Å². The summed E-state index contributed by atoms with van der Waals surface area (Å²) < 4.78 is 5.42. The number of piperidine rings is 2. The topological polar surface area (TPSA) is 127 Å². The van der Waals surface area contributed by atoms with E-state index in [0.29, 0.717) is 24.4 Å². The van der Waals surface area contributed by atoms with E-state index in [9.17, 15) is 19.6 Å². The molecule has 4 aliphatic rings. The van der Waals surface area contributed by atoms with E-state index in [4.69, 9.17) is 4.74 Å². The van der Waals surface area contributed by atoms with Gasteiger partial charge in [-0.1, -0.05) is 6.07 Å². The molecule has 0 radical (unpaired) electrons. The number of methoxy groups -OCH3 is 1. The fourth-order valence-electron chi connectivity index (χ4n) is 5.90. The van der Waals surface area contributed by atoms with Crippen LogP contribution in [0.25, 0.3) is 10.9 Å². The van der Waals surface area contributed by atoms with Crippen molar-refractivity contribution >= 4 is 28.6 Å². The van der Waals surface area contributed by atoms with Gasteiger partial charge in [-0.3, -0.25) is 14.4 Å². The number of carbonyl (C=O) groups excluding carboxylic acids is 3. The molecular formula is C25H29N5O4. The second kappa shape index (κ2) is 9.01. The van der Waals surface area contributed by atoms with Crippen molar-refractivity contribution in [1.29, 1.82) is 5.26 Å². The Morgan fingerprint density at radius 1 is 1.26 bits per heavy atom. The van der Waals surface area contributed by atoms with Crippen molar-refractivity contribution in [2.75, 3.05) is 13.7 Å². The van der Waals surface area contributed by atoms with Gasteiger partial charge in [0.2, 0.25) is 11.8 Å². The molecule has 3 amide bonds. The SMILES string of the molecule is COc1cccc2[nH]c(C(=O)N3C4CCC(CC4)[C@H]3C(=O)N[C@H](C#N)C[C@H]3CCNC3=O)cc12. The van der Waals surface area contributed by atoms with E-state index in [0.717, 1.165) is 36.6 Å². The number of aromatic nitrogens is 1. The first-order chi connectivity index (χ1) is 16.5. The number of fused-ring (bicyclic) bond motifs is 4. The smallest absolute Gasteiger partial charge is 0.271 e. The lowest BCUT2D eigenvalue weighted by Gasteiger charge is -2.50. The first kappa shape index (κ1) is 22.3. The lowest BCUT2D eigenvalue weighted by atomic mass is 9.74. The van der Waals surface area contributed by atoms with E-state index in [1.54, 1.807) is 18.1 Å². The number of amides is 3. The summed E-state index contributed by atoms with van der Waals surface area (Å²) in [4.78, 5) is 44.0. The van der Waals surface area contributed by atoms with Crippen molar-refractivity contribution in [3.05, 3.63) is 30.0 Å². The Bertz CT molecular complexity index is 1160. The fraction of sp³-hybridized carbons (Fsp3) is 0.520. The molecular weight excluding hydrogens is 434 g/mol. The third-order valence-corrected chi connectivity index (χ3v) is 7.61. The van der Waals surface area contributed by atoms with Crippen LogP contribution < -0.4 is 15.4 Å². The summed E-state index contributed by atoms with van der Waals surface area (Å²) in [6, 6.07) is 8.10. The molecule has 178 valence electrons. The maximum absolute atomic E-state index is 13.7. The van der Waals surface area contributed by atoms with E-state index in [-0.39, 0.29) is 42.0 Å². The Kier molecular flexibility index (Phi) is 5.90. The molecule has 3 saturated heterocycles. The van der Waals surface area contributed by atoms with Crippen molar-refractivity contribution in [3.63, 3.8) is 0 Å². The molecule has 3 atom stereocenters. The molecule has 2 bridgehead atoms. The van der Waals surface area contributed by atoms with Gasteiger partial charge in [-0.25, -0.2) is 0 Å². The summed E-state index contributed by atoms with van der Waals surface area (Å²) >= 11 is 0. The van der Waals surface area contributed by atoms with Crippen molar-refractivity contribution < 1.29 is 19.1 Å². The number of hydrogen-bond donors (Lipinski definition) is 3. The van der Waals surface area contributed by atoms with E-state index in [1.165, 1.54) is 0 Å². The maximum atomic E-state index is 13.7. The number of carbonyl (C=O) groups is 3. The lowest BCUT2D eigenvalue weighted by Crippen LogP contribution is -2.63.